The second-order valence-electron chi connectivity index (χ2n) is 7.79. The van der Waals surface area contributed by atoms with Gasteiger partial charge in [0.2, 0.25) is 0 Å². The third-order valence-electron chi connectivity index (χ3n) is 5.44. The van der Waals surface area contributed by atoms with Gasteiger partial charge in [-0.25, -0.2) is 9.38 Å². The summed E-state index contributed by atoms with van der Waals surface area (Å²) < 4.78 is 18.9. The maximum absolute atomic E-state index is 13.9. The number of ether oxygens (including phenoxy) is 1. The molecule has 0 bridgehead atoms. The summed E-state index contributed by atoms with van der Waals surface area (Å²) in [4.78, 5) is 17.5. The first-order chi connectivity index (χ1) is 15.5. The van der Waals surface area contributed by atoms with E-state index >= 15 is 0 Å². The van der Waals surface area contributed by atoms with Crippen molar-refractivity contribution in [3.63, 3.8) is 0 Å². The Morgan fingerprint density at radius 3 is 2.69 bits per heavy atom. The average molecular weight is 444 g/mol. The first kappa shape index (κ1) is 23.5. The van der Waals surface area contributed by atoms with Gasteiger partial charge in [0.25, 0.3) is 5.69 Å². The van der Waals surface area contributed by atoms with Gasteiger partial charge in [0.1, 0.15) is 0 Å². The van der Waals surface area contributed by atoms with Crippen LogP contribution in [0.2, 0.25) is 0 Å². The number of likely N-dealkylation sites (tertiary alicyclic amines) is 1. The topological polar surface area (TPSA) is 92.0 Å². The van der Waals surface area contributed by atoms with E-state index in [1.807, 2.05) is 19.1 Å². The summed E-state index contributed by atoms with van der Waals surface area (Å²) in [6.45, 7) is 5.59. The normalized spacial score (nSPS) is 15.4. The Morgan fingerprint density at radius 1 is 1.25 bits per heavy atom. The minimum Gasteiger partial charge on any atom is -0.494 e. The van der Waals surface area contributed by atoms with E-state index in [4.69, 9.17) is 4.74 Å². The number of hydrogen-bond acceptors (Lipinski definition) is 5. The smallest absolute Gasteiger partial charge is 0.269 e. The van der Waals surface area contributed by atoms with Crippen LogP contribution in [0.25, 0.3) is 0 Å². The molecule has 0 unspecified atom stereocenters. The molecule has 172 valence electrons. The number of nitrogens with zero attached hydrogens (tertiary/aromatic N) is 3. The van der Waals surface area contributed by atoms with Crippen molar-refractivity contribution in [1.29, 1.82) is 0 Å². The van der Waals surface area contributed by atoms with Gasteiger partial charge in [0.05, 0.1) is 18.6 Å². The molecule has 2 aromatic rings. The Balaban J connectivity index is 1.52. The fourth-order valence-corrected chi connectivity index (χ4v) is 3.75. The highest BCUT2D eigenvalue weighted by Crippen LogP contribution is 2.20. The van der Waals surface area contributed by atoms with E-state index < -0.39 is 4.92 Å². The number of nitrogens with one attached hydrogen (secondary N) is 2. The van der Waals surface area contributed by atoms with Crippen LogP contribution in [0.1, 0.15) is 30.9 Å². The molecule has 1 aliphatic heterocycles. The first-order valence-electron chi connectivity index (χ1n) is 10.8. The summed E-state index contributed by atoms with van der Waals surface area (Å²) in [5, 5.41) is 17.7. The van der Waals surface area contributed by atoms with Gasteiger partial charge in [0, 0.05) is 44.4 Å². The number of nitro groups is 1. The molecule has 0 spiro atoms. The molecule has 1 heterocycles. The Kier molecular flexibility index (Phi) is 8.38. The van der Waals surface area contributed by atoms with Gasteiger partial charge < -0.3 is 15.4 Å². The molecule has 0 atom stereocenters. The molecule has 3 rings (SSSR count). The molecule has 8 nitrogen and oxygen atoms in total. The number of methoxy groups -OCH3 is 1. The maximum atomic E-state index is 13.9. The van der Waals surface area contributed by atoms with Crippen LogP contribution in [0.4, 0.5) is 10.1 Å². The van der Waals surface area contributed by atoms with Gasteiger partial charge in [0.15, 0.2) is 17.5 Å². The van der Waals surface area contributed by atoms with E-state index in [1.165, 1.54) is 19.2 Å². The standard InChI is InChI=1S/C23H30FN5O3/c1-3-25-23(26-15-17-5-4-6-20(13-17)29(30)31)27-19-9-11-28(12-10-19)16-18-7-8-22(32-2)21(24)14-18/h4-8,13-14,19H,3,9-12,15-16H2,1-2H3,(H2,25,26,27). The van der Waals surface area contributed by atoms with Crippen molar-refractivity contribution in [3.05, 3.63) is 69.5 Å². The number of benzene rings is 2. The molecule has 0 saturated carbocycles. The van der Waals surface area contributed by atoms with Gasteiger partial charge >= 0.3 is 0 Å². The zero-order chi connectivity index (χ0) is 22.9. The van der Waals surface area contributed by atoms with Crippen molar-refractivity contribution in [1.82, 2.24) is 15.5 Å². The first-order valence-corrected chi connectivity index (χ1v) is 10.8. The van der Waals surface area contributed by atoms with Crippen LogP contribution < -0.4 is 15.4 Å². The number of non-ortho nitro benzene ring substituents is 1. The van der Waals surface area contributed by atoms with E-state index in [9.17, 15) is 14.5 Å². The van der Waals surface area contributed by atoms with Crippen LogP contribution >= 0.6 is 0 Å². The minimum atomic E-state index is -0.398. The summed E-state index contributed by atoms with van der Waals surface area (Å²) in [6.07, 6.45) is 1.89. The number of hydrogen-bond donors (Lipinski definition) is 2. The van der Waals surface area contributed by atoms with Crippen molar-refractivity contribution in [3.8, 4) is 5.75 Å². The third kappa shape index (κ3) is 6.65. The average Bonchev–Trinajstić information content (AvgIpc) is 2.79. The van der Waals surface area contributed by atoms with Gasteiger partial charge in [-0.05, 0) is 43.0 Å². The predicted octanol–water partition coefficient (Wildman–Crippen LogP) is 3.46. The lowest BCUT2D eigenvalue weighted by Crippen LogP contribution is -2.48. The van der Waals surface area contributed by atoms with Crippen molar-refractivity contribution in [2.75, 3.05) is 26.7 Å². The highest BCUT2D eigenvalue weighted by Gasteiger charge is 2.20. The molecule has 0 amide bonds. The molecule has 2 aromatic carbocycles. The minimum absolute atomic E-state index is 0.0692. The number of piperidine rings is 1. The summed E-state index contributed by atoms with van der Waals surface area (Å²) in [6, 6.07) is 11.9. The van der Waals surface area contributed by atoms with Crippen molar-refractivity contribution in [2.24, 2.45) is 4.99 Å². The predicted molar refractivity (Wildman–Crippen MR) is 122 cm³/mol. The van der Waals surface area contributed by atoms with Crippen LogP contribution in [0.5, 0.6) is 5.75 Å². The highest BCUT2D eigenvalue weighted by atomic mass is 19.1. The second-order valence-corrected chi connectivity index (χ2v) is 7.79. The fraction of sp³-hybridized carbons (Fsp3) is 0.435. The molecule has 1 saturated heterocycles. The molecule has 1 fully saturated rings. The molecular weight excluding hydrogens is 413 g/mol. The molecule has 9 heteroatoms. The molecule has 32 heavy (non-hydrogen) atoms. The summed E-state index contributed by atoms with van der Waals surface area (Å²) in [7, 11) is 1.46. The van der Waals surface area contributed by atoms with E-state index in [0.29, 0.717) is 19.0 Å². The largest absolute Gasteiger partial charge is 0.494 e. The number of guanidine groups is 1. The van der Waals surface area contributed by atoms with Crippen LogP contribution in [-0.2, 0) is 13.1 Å². The lowest BCUT2D eigenvalue weighted by molar-refractivity contribution is -0.384. The Labute approximate surface area is 187 Å². The van der Waals surface area contributed by atoms with Gasteiger partial charge in [-0.2, -0.15) is 0 Å². The van der Waals surface area contributed by atoms with Gasteiger partial charge in [-0.1, -0.05) is 18.2 Å². The molecular formula is C23H30FN5O3. The SMILES string of the molecule is CCNC(=NCc1cccc([N+](=O)[O-])c1)NC1CCN(Cc2ccc(OC)c(F)c2)CC1. The quantitative estimate of drug-likeness (QED) is 0.281. The van der Waals surface area contributed by atoms with E-state index in [1.54, 1.807) is 18.2 Å². The highest BCUT2D eigenvalue weighted by molar-refractivity contribution is 5.80. The lowest BCUT2D eigenvalue weighted by Gasteiger charge is -2.33. The number of aliphatic imine (C=N–C) groups is 1. The Morgan fingerprint density at radius 2 is 2.03 bits per heavy atom. The molecule has 0 aliphatic carbocycles. The molecule has 1 aliphatic rings. The summed E-state index contributed by atoms with van der Waals surface area (Å²) >= 11 is 0. The van der Waals surface area contributed by atoms with Crippen LogP contribution in [0.3, 0.4) is 0 Å². The number of rotatable bonds is 8. The summed E-state index contributed by atoms with van der Waals surface area (Å²) in [5.41, 5.74) is 1.79. The van der Waals surface area contributed by atoms with E-state index in [2.05, 4.69) is 20.5 Å². The molecule has 2 N–H and O–H groups in total. The van der Waals surface area contributed by atoms with E-state index in [-0.39, 0.29) is 23.3 Å². The zero-order valence-corrected chi connectivity index (χ0v) is 18.5. The van der Waals surface area contributed by atoms with Crippen LogP contribution in [-0.4, -0.2) is 48.6 Å². The molecule has 0 aromatic heterocycles. The van der Waals surface area contributed by atoms with Crippen molar-refractivity contribution < 1.29 is 14.1 Å². The number of halogens is 1. The third-order valence-corrected chi connectivity index (χ3v) is 5.44. The maximum Gasteiger partial charge on any atom is 0.269 e. The van der Waals surface area contributed by atoms with Gasteiger partial charge in [-0.15, -0.1) is 0 Å². The summed E-state index contributed by atoms with van der Waals surface area (Å²) in [5.74, 6) is 0.628. The fourth-order valence-electron chi connectivity index (χ4n) is 3.75. The second kappa shape index (κ2) is 11.4. The van der Waals surface area contributed by atoms with E-state index in [0.717, 1.165) is 43.6 Å². The van der Waals surface area contributed by atoms with Crippen molar-refractivity contribution in [2.45, 2.75) is 38.9 Å². The Bertz CT molecular complexity index is 945. The Hall–Kier alpha value is -3.20. The van der Waals surface area contributed by atoms with Crippen LogP contribution in [0, 0.1) is 15.9 Å². The van der Waals surface area contributed by atoms with Crippen molar-refractivity contribution >= 4 is 11.6 Å². The monoisotopic (exact) mass is 443 g/mol. The lowest BCUT2D eigenvalue weighted by atomic mass is 10.0. The number of nitro benzene ring substituents is 1. The molecule has 0 radical (unpaired) electrons. The zero-order valence-electron chi connectivity index (χ0n) is 18.5. The van der Waals surface area contributed by atoms with Gasteiger partial charge in [-0.3, -0.25) is 15.0 Å². The van der Waals surface area contributed by atoms with Crippen LogP contribution in [0.15, 0.2) is 47.5 Å².